The van der Waals surface area contributed by atoms with Crippen molar-refractivity contribution in [2.24, 2.45) is 0 Å². The standard InChI is InChI=1S/C17H18ClN3S/c1-13-6-7-22-17(13)10-19-8-14-9-20-21(11-14)12-15-4-2-3-5-16(15)18/h2-7,9,11,19H,8,10,12H2,1H3. The Bertz CT molecular complexity index is 748. The Morgan fingerprint density at radius 1 is 1.23 bits per heavy atom. The van der Waals surface area contributed by atoms with E-state index >= 15 is 0 Å². The van der Waals surface area contributed by atoms with Crippen LogP contribution in [0.5, 0.6) is 0 Å². The molecule has 0 unspecified atom stereocenters. The van der Waals surface area contributed by atoms with Gasteiger partial charge < -0.3 is 5.32 Å². The van der Waals surface area contributed by atoms with Crippen molar-refractivity contribution >= 4 is 22.9 Å². The summed E-state index contributed by atoms with van der Waals surface area (Å²) in [6, 6.07) is 10.0. The van der Waals surface area contributed by atoms with E-state index in [9.17, 15) is 0 Å². The number of aryl methyl sites for hydroxylation is 1. The molecule has 5 heteroatoms. The second-order valence-corrected chi connectivity index (χ2v) is 6.68. The van der Waals surface area contributed by atoms with E-state index in [-0.39, 0.29) is 0 Å². The molecule has 0 aliphatic heterocycles. The predicted octanol–water partition coefficient (Wildman–Crippen LogP) is 4.24. The highest BCUT2D eigenvalue weighted by Gasteiger charge is 2.04. The number of hydrogen-bond donors (Lipinski definition) is 1. The van der Waals surface area contributed by atoms with Gasteiger partial charge in [0.2, 0.25) is 0 Å². The summed E-state index contributed by atoms with van der Waals surface area (Å²) in [5.74, 6) is 0. The van der Waals surface area contributed by atoms with Crippen LogP contribution in [0, 0.1) is 6.92 Å². The lowest BCUT2D eigenvalue weighted by atomic mass is 10.2. The van der Waals surface area contributed by atoms with Crippen molar-refractivity contribution < 1.29 is 0 Å². The van der Waals surface area contributed by atoms with Crippen LogP contribution >= 0.6 is 22.9 Å². The molecule has 0 atom stereocenters. The van der Waals surface area contributed by atoms with Crippen LogP contribution in [-0.4, -0.2) is 9.78 Å². The SMILES string of the molecule is Cc1ccsc1CNCc1cnn(Cc2ccccc2Cl)c1. The minimum absolute atomic E-state index is 0.698. The van der Waals surface area contributed by atoms with Gasteiger partial charge in [-0.05, 0) is 35.6 Å². The molecule has 22 heavy (non-hydrogen) atoms. The van der Waals surface area contributed by atoms with Crippen molar-refractivity contribution in [1.82, 2.24) is 15.1 Å². The Hall–Kier alpha value is -1.62. The van der Waals surface area contributed by atoms with E-state index in [1.807, 2.05) is 35.1 Å². The van der Waals surface area contributed by atoms with Crippen LogP contribution < -0.4 is 5.32 Å². The molecule has 3 nitrogen and oxygen atoms in total. The van der Waals surface area contributed by atoms with Gasteiger partial charge in [-0.3, -0.25) is 4.68 Å². The number of nitrogens with zero attached hydrogens (tertiary/aromatic N) is 2. The molecule has 0 spiro atoms. The summed E-state index contributed by atoms with van der Waals surface area (Å²) in [5.41, 5.74) is 3.62. The molecule has 0 fully saturated rings. The van der Waals surface area contributed by atoms with Crippen LogP contribution in [0.15, 0.2) is 48.1 Å². The number of aromatic nitrogens is 2. The number of hydrogen-bond acceptors (Lipinski definition) is 3. The summed E-state index contributed by atoms with van der Waals surface area (Å²) in [6.45, 7) is 4.57. The highest BCUT2D eigenvalue weighted by molar-refractivity contribution is 7.10. The Kier molecular flexibility index (Phi) is 4.93. The number of halogens is 1. The first-order valence-corrected chi connectivity index (χ1v) is 8.46. The molecule has 114 valence electrons. The summed E-state index contributed by atoms with van der Waals surface area (Å²) in [6.07, 6.45) is 3.97. The highest BCUT2D eigenvalue weighted by atomic mass is 35.5. The zero-order valence-electron chi connectivity index (χ0n) is 12.4. The van der Waals surface area contributed by atoms with Crippen LogP contribution in [0.4, 0.5) is 0 Å². The first kappa shape index (κ1) is 15.3. The molecule has 1 aromatic carbocycles. The quantitative estimate of drug-likeness (QED) is 0.732. The molecule has 3 rings (SSSR count). The molecular formula is C17H18ClN3S. The van der Waals surface area contributed by atoms with Gasteiger partial charge in [0.15, 0.2) is 0 Å². The second-order valence-electron chi connectivity index (χ2n) is 5.27. The lowest BCUT2D eigenvalue weighted by Crippen LogP contribution is -2.11. The fraction of sp³-hybridized carbons (Fsp3) is 0.235. The summed E-state index contributed by atoms with van der Waals surface area (Å²) in [4.78, 5) is 1.39. The van der Waals surface area contributed by atoms with Crippen molar-refractivity contribution in [3.05, 3.63) is 74.7 Å². The smallest absolute Gasteiger partial charge is 0.0674 e. The number of benzene rings is 1. The van der Waals surface area contributed by atoms with Crippen LogP contribution in [0.25, 0.3) is 0 Å². The van der Waals surface area contributed by atoms with Gasteiger partial charge in [0.1, 0.15) is 0 Å². The average Bonchev–Trinajstić information content (AvgIpc) is 3.12. The summed E-state index contributed by atoms with van der Waals surface area (Å²) < 4.78 is 1.93. The molecule has 0 bridgehead atoms. The molecule has 0 radical (unpaired) electrons. The molecule has 2 aromatic heterocycles. The normalized spacial score (nSPS) is 11.0. The van der Waals surface area contributed by atoms with Crippen LogP contribution in [-0.2, 0) is 19.6 Å². The summed E-state index contributed by atoms with van der Waals surface area (Å²) >= 11 is 7.98. The van der Waals surface area contributed by atoms with Gasteiger partial charge in [-0.15, -0.1) is 11.3 Å². The van der Waals surface area contributed by atoms with E-state index in [4.69, 9.17) is 11.6 Å². The summed E-state index contributed by atoms with van der Waals surface area (Å²) in [5, 5.41) is 10.8. The molecule has 1 N–H and O–H groups in total. The van der Waals surface area contributed by atoms with Crippen molar-refractivity contribution in [2.45, 2.75) is 26.6 Å². The molecule has 3 aromatic rings. The third-order valence-electron chi connectivity index (χ3n) is 3.56. The maximum Gasteiger partial charge on any atom is 0.0674 e. The molecule has 0 saturated carbocycles. The third kappa shape index (κ3) is 3.77. The van der Waals surface area contributed by atoms with Crippen LogP contribution in [0.2, 0.25) is 5.02 Å². The van der Waals surface area contributed by atoms with E-state index < -0.39 is 0 Å². The molecular weight excluding hydrogens is 314 g/mol. The fourth-order valence-corrected chi connectivity index (χ4v) is 3.36. The highest BCUT2D eigenvalue weighted by Crippen LogP contribution is 2.17. The molecule has 0 aliphatic rings. The molecule has 2 heterocycles. The topological polar surface area (TPSA) is 29.9 Å². The van der Waals surface area contributed by atoms with Gasteiger partial charge in [0, 0.05) is 34.7 Å². The largest absolute Gasteiger partial charge is 0.308 e. The van der Waals surface area contributed by atoms with Crippen molar-refractivity contribution in [2.75, 3.05) is 0 Å². The van der Waals surface area contributed by atoms with Gasteiger partial charge in [-0.1, -0.05) is 29.8 Å². The first-order valence-electron chi connectivity index (χ1n) is 7.21. The zero-order valence-corrected chi connectivity index (χ0v) is 14.0. The number of thiophene rings is 1. The third-order valence-corrected chi connectivity index (χ3v) is 4.95. The second kappa shape index (κ2) is 7.09. The molecule has 0 aliphatic carbocycles. The summed E-state index contributed by atoms with van der Waals surface area (Å²) in [7, 11) is 0. The van der Waals surface area contributed by atoms with Crippen molar-refractivity contribution in [3.63, 3.8) is 0 Å². The Balaban J connectivity index is 1.55. The Morgan fingerprint density at radius 2 is 2.09 bits per heavy atom. The minimum Gasteiger partial charge on any atom is -0.308 e. The maximum atomic E-state index is 6.18. The van der Waals surface area contributed by atoms with E-state index in [1.54, 1.807) is 11.3 Å². The predicted molar refractivity (Wildman–Crippen MR) is 92.4 cm³/mol. The van der Waals surface area contributed by atoms with E-state index in [2.05, 4.69) is 35.0 Å². The number of nitrogens with one attached hydrogen (secondary N) is 1. The van der Waals surface area contributed by atoms with Gasteiger partial charge in [0.25, 0.3) is 0 Å². The van der Waals surface area contributed by atoms with Crippen molar-refractivity contribution in [1.29, 1.82) is 0 Å². The first-order chi connectivity index (χ1) is 10.7. The lowest BCUT2D eigenvalue weighted by Gasteiger charge is -2.04. The van der Waals surface area contributed by atoms with Gasteiger partial charge in [-0.2, -0.15) is 5.10 Å². The molecule has 0 saturated heterocycles. The Labute approximate surface area is 139 Å². The number of rotatable bonds is 6. The zero-order chi connectivity index (χ0) is 15.4. The van der Waals surface area contributed by atoms with Gasteiger partial charge in [0.05, 0.1) is 12.7 Å². The lowest BCUT2D eigenvalue weighted by molar-refractivity contribution is 0.679. The van der Waals surface area contributed by atoms with Gasteiger partial charge in [-0.25, -0.2) is 0 Å². The Morgan fingerprint density at radius 3 is 2.86 bits per heavy atom. The van der Waals surface area contributed by atoms with Crippen LogP contribution in [0.1, 0.15) is 21.6 Å². The molecule has 0 amide bonds. The van der Waals surface area contributed by atoms with Gasteiger partial charge >= 0.3 is 0 Å². The fourth-order valence-electron chi connectivity index (χ4n) is 2.29. The van der Waals surface area contributed by atoms with E-state index in [1.165, 1.54) is 16.0 Å². The maximum absolute atomic E-state index is 6.18. The van der Waals surface area contributed by atoms with Crippen molar-refractivity contribution in [3.8, 4) is 0 Å². The monoisotopic (exact) mass is 331 g/mol. The van der Waals surface area contributed by atoms with E-state index in [0.717, 1.165) is 23.7 Å². The van der Waals surface area contributed by atoms with E-state index in [0.29, 0.717) is 6.54 Å². The van der Waals surface area contributed by atoms with Crippen LogP contribution in [0.3, 0.4) is 0 Å². The average molecular weight is 332 g/mol. The minimum atomic E-state index is 0.698.